The maximum absolute atomic E-state index is 13.2. The zero-order chi connectivity index (χ0) is 29.0. The highest BCUT2D eigenvalue weighted by molar-refractivity contribution is 5.89. The Kier molecular flexibility index (Phi) is 12.0. The number of nitrogens with one attached hydrogen (secondary N) is 3. The van der Waals surface area contributed by atoms with Crippen LogP contribution in [0.5, 0.6) is 0 Å². The van der Waals surface area contributed by atoms with Crippen LogP contribution < -0.4 is 16.0 Å². The number of hydrogen-bond acceptors (Lipinski definition) is 5. The molecule has 0 spiro atoms. The first-order valence-corrected chi connectivity index (χ1v) is 14.4. The minimum Gasteiger partial charge on any atom is -0.445 e. The van der Waals surface area contributed by atoms with Crippen LogP contribution in [0.3, 0.4) is 0 Å². The molecule has 3 rings (SSSR count). The molecule has 0 heterocycles. The molecule has 0 aliphatic heterocycles. The third kappa shape index (κ3) is 9.97. The fourth-order valence-corrected chi connectivity index (χ4v) is 5.42. The Morgan fingerprint density at radius 3 is 2.12 bits per heavy atom. The summed E-state index contributed by atoms with van der Waals surface area (Å²) in [5, 5.41) is 8.48. The third-order valence-corrected chi connectivity index (χ3v) is 7.90. The molecule has 1 unspecified atom stereocenters. The molecule has 8 nitrogen and oxygen atoms in total. The van der Waals surface area contributed by atoms with Gasteiger partial charge in [0.05, 0.1) is 0 Å². The molecular weight excluding hydrogens is 504 g/mol. The standard InChI is InChI=1S/C32H46N4O4/c1-24(2)21-28(35-29(37)22-33-31(39)40-23-26-13-9-6-10-14-26)30(38)34-27-16-19-32(20-17-27,36(3)4)18-15-25-11-7-5-8-12-25/h5-14,24,27-28H,15-23H2,1-4H3,(H,33,39)(H,34,38)(H,35,37). The fourth-order valence-electron chi connectivity index (χ4n) is 5.42. The Morgan fingerprint density at radius 2 is 1.55 bits per heavy atom. The molecule has 0 bridgehead atoms. The molecule has 2 aromatic rings. The lowest BCUT2D eigenvalue weighted by Gasteiger charge is -2.45. The van der Waals surface area contributed by atoms with Crippen molar-refractivity contribution in [3.05, 3.63) is 71.8 Å². The molecule has 218 valence electrons. The first kappa shape index (κ1) is 31.1. The average molecular weight is 551 g/mol. The summed E-state index contributed by atoms with van der Waals surface area (Å²) in [7, 11) is 4.31. The van der Waals surface area contributed by atoms with Crippen LogP contribution in [0.1, 0.15) is 63.5 Å². The molecular formula is C32H46N4O4. The van der Waals surface area contributed by atoms with E-state index >= 15 is 0 Å². The number of benzene rings is 2. The summed E-state index contributed by atoms with van der Waals surface area (Å²) >= 11 is 0. The van der Waals surface area contributed by atoms with Crippen molar-refractivity contribution in [1.82, 2.24) is 20.9 Å². The monoisotopic (exact) mass is 550 g/mol. The highest BCUT2D eigenvalue weighted by Gasteiger charge is 2.37. The van der Waals surface area contributed by atoms with Crippen LogP contribution in [-0.4, -0.2) is 61.1 Å². The van der Waals surface area contributed by atoms with Gasteiger partial charge in [-0.3, -0.25) is 9.59 Å². The van der Waals surface area contributed by atoms with Crippen molar-refractivity contribution in [2.45, 2.75) is 83.0 Å². The van der Waals surface area contributed by atoms with E-state index in [4.69, 9.17) is 4.74 Å². The van der Waals surface area contributed by atoms with Crippen molar-refractivity contribution in [3.8, 4) is 0 Å². The molecule has 1 saturated carbocycles. The van der Waals surface area contributed by atoms with Gasteiger partial charge in [-0.05, 0) is 76.1 Å². The molecule has 1 fully saturated rings. The summed E-state index contributed by atoms with van der Waals surface area (Å²) in [6, 6.07) is 19.3. The zero-order valence-electron chi connectivity index (χ0n) is 24.4. The van der Waals surface area contributed by atoms with Gasteiger partial charge in [0, 0.05) is 11.6 Å². The third-order valence-electron chi connectivity index (χ3n) is 7.90. The lowest BCUT2D eigenvalue weighted by atomic mass is 9.75. The summed E-state index contributed by atoms with van der Waals surface area (Å²) in [5.74, 6) is -0.375. The second kappa shape index (κ2) is 15.4. The van der Waals surface area contributed by atoms with E-state index in [9.17, 15) is 14.4 Å². The molecule has 1 aliphatic rings. The highest BCUT2D eigenvalue weighted by Crippen LogP contribution is 2.36. The number of hydrogen-bond donors (Lipinski definition) is 3. The number of carbonyl (C=O) groups is 3. The van der Waals surface area contributed by atoms with Crippen molar-refractivity contribution in [3.63, 3.8) is 0 Å². The van der Waals surface area contributed by atoms with Gasteiger partial charge in [-0.25, -0.2) is 4.79 Å². The maximum Gasteiger partial charge on any atom is 0.407 e. The molecule has 40 heavy (non-hydrogen) atoms. The summed E-state index contributed by atoms with van der Waals surface area (Å²) in [6.45, 7) is 3.90. The van der Waals surface area contributed by atoms with Gasteiger partial charge in [-0.1, -0.05) is 74.5 Å². The summed E-state index contributed by atoms with van der Waals surface area (Å²) in [6.07, 6.45) is 5.77. The first-order chi connectivity index (χ1) is 19.2. The van der Waals surface area contributed by atoms with Crippen LogP contribution in [0.25, 0.3) is 0 Å². The molecule has 2 aromatic carbocycles. The first-order valence-electron chi connectivity index (χ1n) is 14.4. The Hall–Kier alpha value is -3.39. The SMILES string of the molecule is CC(C)CC(NC(=O)CNC(=O)OCc1ccccc1)C(=O)NC1CCC(CCc2ccccc2)(N(C)C)CC1. The van der Waals surface area contributed by atoms with Gasteiger partial charge >= 0.3 is 6.09 Å². The maximum atomic E-state index is 13.2. The summed E-state index contributed by atoms with van der Waals surface area (Å²) in [4.78, 5) is 40.2. The normalized spacial score (nSPS) is 19.6. The minimum absolute atomic E-state index is 0.0787. The Labute approximate surface area is 239 Å². The van der Waals surface area contributed by atoms with Crippen LogP contribution in [0.4, 0.5) is 4.79 Å². The van der Waals surface area contributed by atoms with E-state index in [-0.39, 0.29) is 36.6 Å². The van der Waals surface area contributed by atoms with Crippen LogP contribution in [-0.2, 0) is 27.4 Å². The summed E-state index contributed by atoms with van der Waals surface area (Å²) < 4.78 is 5.16. The second-order valence-electron chi connectivity index (χ2n) is 11.6. The number of rotatable bonds is 13. The number of ether oxygens (including phenoxy) is 1. The number of alkyl carbamates (subject to hydrolysis) is 1. The van der Waals surface area contributed by atoms with Crippen LogP contribution in [0, 0.1) is 5.92 Å². The van der Waals surface area contributed by atoms with E-state index in [0.29, 0.717) is 6.42 Å². The van der Waals surface area contributed by atoms with Crippen molar-refractivity contribution < 1.29 is 19.1 Å². The quantitative estimate of drug-likeness (QED) is 0.343. The molecule has 3 amide bonds. The minimum atomic E-state index is -0.678. The van der Waals surface area contributed by atoms with E-state index in [1.807, 2.05) is 50.2 Å². The lowest BCUT2D eigenvalue weighted by Crippen LogP contribution is -2.55. The Morgan fingerprint density at radius 1 is 0.950 bits per heavy atom. The molecule has 1 atom stereocenters. The molecule has 0 saturated heterocycles. The van der Waals surface area contributed by atoms with Crippen molar-refractivity contribution in [2.75, 3.05) is 20.6 Å². The number of amides is 3. The molecule has 0 aromatic heterocycles. The van der Waals surface area contributed by atoms with Crippen LogP contribution >= 0.6 is 0 Å². The van der Waals surface area contributed by atoms with Gasteiger partial charge in [0.25, 0.3) is 0 Å². The van der Waals surface area contributed by atoms with Gasteiger partial charge in [0.1, 0.15) is 19.2 Å². The molecule has 0 radical (unpaired) electrons. The van der Waals surface area contributed by atoms with Crippen molar-refractivity contribution in [1.29, 1.82) is 0 Å². The Bertz CT molecular complexity index is 1070. The molecule has 1 aliphatic carbocycles. The predicted octanol–water partition coefficient (Wildman–Crippen LogP) is 4.44. The number of nitrogens with zero attached hydrogens (tertiary/aromatic N) is 1. The molecule has 8 heteroatoms. The average Bonchev–Trinajstić information content (AvgIpc) is 2.95. The summed E-state index contributed by atoms with van der Waals surface area (Å²) in [5.41, 5.74) is 2.33. The Balaban J connectivity index is 1.46. The topological polar surface area (TPSA) is 99.8 Å². The van der Waals surface area contributed by atoms with E-state index in [2.05, 4.69) is 59.2 Å². The van der Waals surface area contributed by atoms with Gasteiger partial charge in [0.2, 0.25) is 11.8 Å². The predicted molar refractivity (Wildman–Crippen MR) is 158 cm³/mol. The smallest absolute Gasteiger partial charge is 0.407 e. The van der Waals surface area contributed by atoms with E-state index in [1.165, 1.54) is 5.56 Å². The van der Waals surface area contributed by atoms with Gasteiger partial charge in [0.15, 0.2) is 0 Å². The van der Waals surface area contributed by atoms with Crippen LogP contribution in [0.15, 0.2) is 60.7 Å². The molecule has 3 N–H and O–H groups in total. The van der Waals surface area contributed by atoms with Gasteiger partial charge in [-0.2, -0.15) is 0 Å². The van der Waals surface area contributed by atoms with Crippen molar-refractivity contribution in [2.24, 2.45) is 5.92 Å². The number of aryl methyl sites for hydroxylation is 1. The fraction of sp³-hybridized carbons (Fsp3) is 0.531. The van der Waals surface area contributed by atoms with E-state index in [0.717, 1.165) is 44.1 Å². The largest absolute Gasteiger partial charge is 0.445 e. The van der Waals surface area contributed by atoms with Crippen LogP contribution in [0.2, 0.25) is 0 Å². The van der Waals surface area contributed by atoms with E-state index < -0.39 is 18.0 Å². The van der Waals surface area contributed by atoms with Gasteiger partial charge < -0.3 is 25.6 Å². The van der Waals surface area contributed by atoms with Crippen molar-refractivity contribution >= 4 is 17.9 Å². The zero-order valence-corrected chi connectivity index (χ0v) is 24.4. The second-order valence-corrected chi connectivity index (χ2v) is 11.6. The highest BCUT2D eigenvalue weighted by atomic mass is 16.5. The van der Waals surface area contributed by atoms with Gasteiger partial charge in [-0.15, -0.1) is 0 Å². The lowest BCUT2D eigenvalue weighted by molar-refractivity contribution is -0.129. The van der Waals surface area contributed by atoms with E-state index in [1.54, 1.807) is 0 Å². The number of carbonyl (C=O) groups excluding carboxylic acids is 3.